The van der Waals surface area contributed by atoms with Gasteiger partial charge in [0.1, 0.15) is 6.61 Å². The van der Waals surface area contributed by atoms with Crippen LogP contribution in [0.5, 0.6) is 5.75 Å². The average Bonchev–Trinajstić information content (AvgIpc) is 2.52. The van der Waals surface area contributed by atoms with E-state index in [0.29, 0.717) is 5.56 Å². The van der Waals surface area contributed by atoms with Gasteiger partial charge in [-0.1, -0.05) is 18.2 Å². The first kappa shape index (κ1) is 17.0. The van der Waals surface area contributed by atoms with Crippen molar-refractivity contribution in [2.75, 3.05) is 13.4 Å². The van der Waals surface area contributed by atoms with Crippen LogP contribution in [0.1, 0.15) is 15.9 Å². The summed E-state index contributed by atoms with van der Waals surface area (Å²) < 4.78 is 46.8. The molecule has 7 heteroatoms. The highest BCUT2D eigenvalue weighted by molar-refractivity contribution is 7.90. The number of sulfone groups is 1. The third-order valence-corrected chi connectivity index (χ3v) is 4.25. The summed E-state index contributed by atoms with van der Waals surface area (Å²) >= 11 is 0. The van der Waals surface area contributed by atoms with Gasteiger partial charge in [-0.3, -0.25) is 0 Å². The number of methoxy groups -OCH3 is 1. The lowest BCUT2D eigenvalue weighted by Crippen LogP contribution is -2.11. The molecule has 2 aromatic rings. The van der Waals surface area contributed by atoms with Gasteiger partial charge in [-0.05, 0) is 29.8 Å². The van der Waals surface area contributed by atoms with Crippen LogP contribution in [0.2, 0.25) is 0 Å². The largest absolute Gasteiger partial charge is 0.494 e. The minimum absolute atomic E-state index is 0.0519. The number of hydrogen-bond donors (Lipinski definition) is 0. The third-order valence-electron chi connectivity index (χ3n) is 3.09. The molecule has 0 atom stereocenters. The average molecular weight is 338 g/mol. The second kappa shape index (κ2) is 6.78. The number of hydrogen-bond acceptors (Lipinski definition) is 5. The topological polar surface area (TPSA) is 69.7 Å². The van der Waals surface area contributed by atoms with Gasteiger partial charge in [0, 0.05) is 6.26 Å². The van der Waals surface area contributed by atoms with Crippen LogP contribution in [0.15, 0.2) is 47.4 Å². The van der Waals surface area contributed by atoms with Gasteiger partial charge in [-0.2, -0.15) is 0 Å². The normalized spacial score (nSPS) is 11.1. The molecule has 2 aromatic carbocycles. The number of rotatable bonds is 5. The molecule has 122 valence electrons. The van der Waals surface area contributed by atoms with Crippen LogP contribution >= 0.6 is 0 Å². The molecule has 0 saturated heterocycles. The minimum atomic E-state index is -3.55. The Morgan fingerprint density at radius 1 is 1.17 bits per heavy atom. The zero-order valence-corrected chi connectivity index (χ0v) is 13.4. The van der Waals surface area contributed by atoms with Crippen LogP contribution in [0.25, 0.3) is 0 Å². The maximum atomic E-state index is 13.6. The van der Waals surface area contributed by atoms with E-state index in [9.17, 15) is 17.6 Å². The van der Waals surface area contributed by atoms with Gasteiger partial charge >= 0.3 is 5.97 Å². The fourth-order valence-corrected chi connectivity index (χ4v) is 2.86. The molecule has 0 saturated carbocycles. The van der Waals surface area contributed by atoms with Crippen molar-refractivity contribution >= 4 is 15.8 Å². The van der Waals surface area contributed by atoms with Gasteiger partial charge in [0.2, 0.25) is 0 Å². The summed E-state index contributed by atoms with van der Waals surface area (Å²) in [5.74, 6) is -1.28. The Balaban J connectivity index is 2.16. The van der Waals surface area contributed by atoms with Crippen molar-refractivity contribution in [2.24, 2.45) is 0 Å². The van der Waals surface area contributed by atoms with Gasteiger partial charge in [0.05, 0.1) is 17.6 Å². The SMILES string of the molecule is COc1ccc(COC(=O)c2ccccc2S(C)(=O)=O)cc1F. The maximum Gasteiger partial charge on any atom is 0.339 e. The summed E-state index contributed by atoms with van der Waals surface area (Å²) in [6, 6.07) is 9.92. The number of halogens is 1. The lowest BCUT2D eigenvalue weighted by molar-refractivity contribution is 0.0467. The molecule has 0 aliphatic rings. The van der Waals surface area contributed by atoms with E-state index < -0.39 is 21.6 Å². The first-order valence-electron chi connectivity index (χ1n) is 6.61. The van der Waals surface area contributed by atoms with Gasteiger partial charge in [0.25, 0.3) is 0 Å². The Labute approximate surface area is 133 Å². The summed E-state index contributed by atoms with van der Waals surface area (Å²) in [6.07, 6.45) is 1.01. The standard InChI is InChI=1S/C16H15FO5S/c1-21-14-8-7-11(9-13(14)17)10-22-16(18)12-5-3-4-6-15(12)23(2,19)20/h3-9H,10H2,1-2H3. The van der Waals surface area contributed by atoms with Crippen LogP contribution < -0.4 is 4.74 Å². The van der Waals surface area contributed by atoms with E-state index in [4.69, 9.17) is 9.47 Å². The zero-order chi connectivity index (χ0) is 17.0. The summed E-state index contributed by atoms with van der Waals surface area (Å²) in [4.78, 5) is 12.0. The first-order chi connectivity index (χ1) is 10.8. The molecule has 5 nitrogen and oxygen atoms in total. The predicted octanol–water partition coefficient (Wildman–Crippen LogP) is 2.59. The molecule has 0 aliphatic carbocycles. The molecular weight excluding hydrogens is 323 g/mol. The van der Waals surface area contributed by atoms with Crippen molar-refractivity contribution in [3.05, 3.63) is 59.4 Å². The van der Waals surface area contributed by atoms with Crippen molar-refractivity contribution in [3.63, 3.8) is 0 Å². The lowest BCUT2D eigenvalue weighted by atomic mass is 10.2. The molecule has 0 aliphatic heterocycles. The molecule has 0 radical (unpaired) electrons. The highest BCUT2D eigenvalue weighted by Crippen LogP contribution is 2.20. The molecule has 0 heterocycles. The summed E-state index contributed by atoms with van der Waals surface area (Å²) in [5, 5.41) is 0. The number of ether oxygens (including phenoxy) is 2. The number of benzene rings is 2. The smallest absolute Gasteiger partial charge is 0.339 e. The first-order valence-corrected chi connectivity index (χ1v) is 8.50. The molecule has 0 aromatic heterocycles. The van der Waals surface area contributed by atoms with Gasteiger partial charge in [-0.25, -0.2) is 17.6 Å². The van der Waals surface area contributed by atoms with Gasteiger partial charge in [-0.15, -0.1) is 0 Å². The minimum Gasteiger partial charge on any atom is -0.494 e. The molecule has 2 rings (SSSR count). The summed E-state index contributed by atoms with van der Waals surface area (Å²) in [7, 11) is -2.21. The monoisotopic (exact) mass is 338 g/mol. The van der Waals surface area contributed by atoms with E-state index in [0.717, 1.165) is 6.26 Å². The molecule has 0 amide bonds. The van der Waals surface area contributed by atoms with E-state index in [1.54, 1.807) is 12.1 Å². The molecule has 0 fully saturated rings. The maximum absolute atomic E-state index is 13.6. The van der Waals surface area contributed by atoms with Gasteiger partial charge < -0.3 is 9.47 Å². The van der Waals surface area contributed by atoms with Crippen LogP contribution in [0.4, 0.5) is 4.39 Å². The summed E-state index contributed by atoms with van der Waals surface area (Å²) in [5.41, 5.74) is 0.373. The van der Waals surface area contributed by atoms with E-state index in [-0.39, 0.29) is 22.8 Å². The second-order valence-electron chi connectivity index (χ2n) is 4.81. The fraction of sp³-hybridized carbons (Fsp3) is 0.188. The Bertz CT molecular complexity index is 830. The molecule has 0 spiro atoms. The lowest BCUT2D eigenvalue weighted by Gasteiger charge is -2.09. The zero-order valence-electron chi connectivity index (χ0n) is 12.6. The molecule has 23 heavy (non-hydrogen) atoms. The van der Waals surface area contributed by atoms with Crippen molar-refractivity contribution in [2.45, 2.75) is 11.5 Å². The number of carbonyl (C=O) groups excluding carboxylic acids is 1. The molecule has 0 unspecified atom stereocenters. The molecular formula is C16H15FO5S. The fourth-order valence-electron chi connectivity index (χ4n) is 1.98. The Hall–Kier alpha value is -2.41. The Kier molecular flexibility index (Phi) is 5.00. The second-order valence-corrected chi connectivity index (χ2v) is 6.80. The predicted molar refractivity (Wildman–Crippen MR) is 81.6 cm³/mol. The van der Waals surface area contributed by atoms with Crippen LogP contribution in [0, 0.1) is 5.82 Å². The van der Waals surface area contributed by atoms with E-state index in [2.05, 4.69) is 0 Å². The van der Waals surface area contributed by atoms with Crippen molar-refractivity contribution in [1.82, 2.24) is 0 Å². The van der Waals surface area contributed by atoms with Crippen molar-refractivity contribution in [1.29, 1.82) is 0 Å². The van der Waals surface area contributed by atoms with Crippen molar-refractivity contribution in [3.8, 4) is 5.75 Å². The third kappa shape index (κ3) is 4.07. The quantitative estimate of drug-likeness (QED) is 0.784. The molecule has 0 bridgehead atoms. The van der Waals surface area contributed by atoms with Crippen LogP contribution in [-0.4, -0.2) is 27.8 Å². The van der Waals surface area contributed by atoms with Gasteiger partial charge in [0.15, 0.2) is 21.4 Å². The number of carbonyl (C=O) groups is 1. The highest BCUT2D eigenvalue weighted by Gasteiger charge is 2.19. The van der Waals surface area contributed by atoms with Crippen molar-refractivity contribution < 1.29 is 27.1 Å². The number of esters is 1. The van der Waals surface area contributed by atoms with E-state index in [1.165, 1.54) is 37.4 Å². The van der Waals surface area contributed by atoms with E-state index in [1.807, 2.05) is 0 Å². The highest BCUT2D eigenvalue weighted by atomic mass is 32.2. The van der Waals surface area contributed by atoms with E-state index >= 15 is 0 Å². The summed E-state index contributed by atoms with van der Waals surface area (Å²) in [6.45, 7) is -0.183. The Morgan fingerprint density at radius 2 is 1.87 bits per heavy atom. The van der Waals surface area contributed by atoms with Crippen LogP contribution in [-0.2, 0) is 21.2 Å². The Morgan fingerprint density at radius 3 is 2.48 bits per heavy atom. The van der Waals surface area contributed by atoms with Crippen LogP contribution in [0.3, 0.4) is 0 Å². The molecule has 0 N–H and O–H groups in total.